The van der Waals surface area contributed by atoms with E-state index in [0.717, 1.165) is 38.9 Å². The summed E-state index contributed by atoms with van der Waals surface area (Å²) < 4.78 is 32.2. The second kappa shape index (κ2) is 29.7. The lowest BCUT2D eigenvalue weighted by Gasteiger charge is -2.37. The Labute approximate surface area is 576 Å². The molecule has 0 radical (unpaired) electrons. The summed E-state index contributed by atoms with van der Waals surface area (Å²) >= 11 is 0. The van der Waals surface area contributed by atoms with Crippen LogP contribution in [-0.4, -0.2) is 126 Å². The molecule has 4 heterocycles. The zero-order chi connectivity index (χ0) is 70.2. The molecule has 510 valence electrons. The summed E-state index contributed by atoms with van der Waals surface area (Å²) in [7, 11) is 3.07. The molecule has 1 aliphatic carbocycles. The van der Waals surface area contributed by atoms with Crippen LogP contribution in [0.15, 0.2) is 188 Å². The molecule has 11 aromatic rings. The summed E-state index contributed by atoms with van der Waals surface area (Å²) in [6.07, 6.45) is 3.03. The van der Waals surface area contributed by atoms with Gasteiger partial charge in [-0.2, -0.15) is 10.2 Å². The van der Waals surface area contributed by atoms with Crippen LogP contribution < -0.4 is 36.9 Å². The Balaban J connectivity index is 0.834. The number of ether oxygens (including phenoxy) is 4. The van der Waals surface area contributed by atoms with Crippen molar-refractivity contribution < 1.29 is 47.7 Å². The van der Waals surface area contributed by atoms with E-state index < -0.39 is 47.3 Å². The van der Waals surface area contributed by atoms with E-state index in [1.807, 2.05) is 147 Å². The molecule has 100 heavy (non-hydrogen) atoms. The van der Waals surface area contributed by atoms with E-state index in [-0.39, 0.29) is 97.5 Å². The van der Waals surface area contributed by atoms with Crippen LogP contribution in [0.25, 0.3) is 33.2 Å². The minimum atomic E-state index is -1.28. The maximum atomic E-state index is 15.2. The number of aromatic nitrogens is 8. The lowest BCUT2D eigenvalue weighted by molar-refractivity contribution is -0.135. The van der Waals surface area contributed by atoms with Crippen molar-refractivity contribution in [2.75, 3.05) is 51.2 Å². The number of methoxy groups -OCH3 is 1. The molecule has 6 amide bonds. The van der Waals surface area contributed by atoms with E-state index in [2.05, 4.69) is 38.3 Å². The topological polar surface area (TPSA) is 302 Å². The quantitative estimate of drug-likeness (QED) is 0.0173. The van der Waals surface area contributed by atoms with Crippen molar-refractivity contribution in [3.8, 4) is 22.6 Å². The molecule has 0 bridgehead atoms. The number of amides is 6. The molecule has 7 aromatic carbocycles. The van der Waals surface area contributed by atoms with Gasteiger partial charge in [0.15, 0.2) is 0 Å². The molecule has 24 nitrogen and oxygen atoms in total. The zero-order valence-corrected chi connectivity index (χ0v) is 56.2. The fraction of sp³-hybridized carbons (Fsp3) is 0.237. The highest BCUT2D eigenvalue weighted by molar-refractivity contribution is 6.05. The number of hydrogen-bond donors (Lipinski definition) is 5. The Morgan fingerprint density at radius 3 is 1.52 bits per heavy atom. The van der Waals surface area contributed by atoms with E-state index in [9.17, 15) is 24.0 Å². The molecule has 0 saturated heterocycles. The van der Waals surface area contributed by atoms with E-state index in [1.165, 1.54) is 36.3 Å². The van der Waals surface area contributed by atoms with E-state index in [4.69, 9.17) is 40.4 Å². The van der Waals surface area contributed by atoms with Crippen molar-refractivity contribution in [3.63, 3.8) is 0 Å². The number of alkyl carbamates (subject to hydrolysis) is 1. The molecule has 0 unspecified atom stereocenters. The van der Waals surface area contributed by atoms with Crippen LogP contribution in [0.5, 0.6) is 11.5 Å². The second-order valence-corrected chi connectivity index (χ2v) is 24.1. The van der Waals surface area contributed by atoms with Crippen LogP contribution in [0.3, 0.4) is 0 Å². The van der Waals surface area contributed by atoms with Gasteiger partial charge in [0.25, 0.3) is 11.8 Å². The number of fused-ring (bicyclic) bond motifs is 5. The number of carbonyl (C=O) groups excluding carboxylic acids is 6. The van der Waals surface area contributed by atoms with Gasteiger partial charge in [0.05, 0.1) is 42.7 Å². The summed E-state index contributed by atoms with van der Waals surface area (Å²) in [5, 5.41) is 17.7. The number of likely N-dealkylation sites (N-methyl/N-ethyl adjacent to an activating group) is 1. The highest BCUT2D eigenvalue weighted by Crippen LogP contribution is 2.45. The fourth-order valence-electron chi connectivity index (χ4n) is 13.0. The number of nitrogens with zero attached hydrogens (tertiary/aromatic N) is 9. The van der Waals surface area contributed by atoms with Crippen LogP contribution in [0.1, 0.15) is 107 Å². The first-order valence-corrected chi connectivity index (χ1v) is 32.9. The Morgan fingerprint density at radius 2 is 1.06 bits per heavy atom. The van der Waals surface area contributed by atoms with Crippen molar-refractivity contribution in [3.05, 3.63) is 250 Å². The average molecular weight is 1350 g/mol. The lowest BCUT2D eigenvalue weighted by Crippen LogP contribution is -2.52. The Kier molecular flexibility index (Phi) is 20.1. The SMILES string of the molecule is CCn1nc(C)cc1C(=O)Nc1nc2cc(C(N)=O)cc(OC)c2n1C/C=C/Cn1c(NC(=O)c2cc(C)nn2CC)nc2cc(C(N)=O)cc(OCCCN(C)C(=O)[C@H](COC(c3ccccc3)(c3ccccc3)c3ccccc3)NC(=O)OCC3c4ccccc4-c4ccccc43)c21. The number of imidazole rings is 2. The predicted molar refractivity (Wildman–Crippen MR) is 378 cm³/mol. The fourth-order valence-corrected chi connectivity index (χ4v) is 13.0. The van der Waals surface area contributed by atoms with Gasteiger partial charge in [-0.05, 0) is 109 Å². The van der Waals surface area contributed by atoms with Crippen molar-refractivity contribution in [2.24, 2.45) is 11.5 Å². The van der Waals surface area contributed by atoms with Gasteiger partial charge >= 0.3 is 6.09 Å². The van der Waals surface area contributed by atoms with Gasteiger partial charge in [-0.3, -0.25) is 44.0 Å². The minimum absolute atomic E-state index is 0.00374. The van der Waals surface area contributed by atoms with Gasteiger partial charge in [-0.1, -0.05) is 152 Å². The number of aryl methyl sites for hydroxylation is 4. The summed E-state index contributed by atoms with van der Waals surface area (Å²) in [6, 6.07) is 53.3. The smallest absolute Gasteiger partial charge is 0.407 e. The highest BCUT2D eigenvalue weighted by atomic mass is 16.6. The van der Waals surface area contributed by atoms with Crippen LogP contribution in [-0.2, 0) is 46.0 Å². The van der Waals surface area contributed by atoms with Crippen LogP contribution in [0.2, 0.25) is 0 Å². The van der Waals surface area contributed by atoms with Crippen LogP contribution >= 0.6 is 0 Å². The van der Waals surface area contributed by atoms with Crippen molar-refractivity contribution in [1.82, 2.24) is 48.9 Å². The lowest BCUT2D eigenvalue weighted by atomic mass is 9.80. The highest BCUT2D eigenvalue weighted by Gasteiger charge is 2.40. The number of carbonyl (C=O) groups is 6. The number of anilines is 2. The molecular formula is C76H76N14O10. The van der Waals surface area contributed by atoms with Crippen molar-refractivity contribution >= 4 is 69.6 Å². The molecule has 0 aliphatic heterocycles. The molecule has 0 saturated carbocycles. The molecule has 0 spiro atoms. The maximum Gasteiger partial charge on any atom is 0.407 e. The number of benzene rings is 7. The first-order valence-electron chi connectivity index (χ1n) is 32.9. The number of rotatable bonds is 28. The molecule has 7 N–H and O–H groups in total. The van der Waals surface area contributed by atoms with E-state index >= 15 is 4.79 Å². The van der Waals surface area contributed by atoms with Gasteiger partial charge in [0.1, 0.15) is 52.2 Å². The molecular weight excluding hydrogens is 1270 g/mol. The Hall–Kier alpha value is -12.2. The monoisotopic (exact) mass is 1340 g/mol. The summed E-state index contributed by atoms with van der Waals surface area (Å²) in [5.41, 5.74) is 20.5. The van der Waals surface area contributed by atoms with Crippen LogP contribution in [0.4, 0.5) is 16.7 Å². The first kappa shape index (κ1) is 67.8. The third kappa shape index (κ3) is 13.9. The van der Waals surface area contributed by atoms with Gasteiger partial charge in [0, 0.05) is 56.8 Å². The van der Waals surface area contributed by atoms with Crippen molar-refractivity contribution in [1.29, 1.82) is 0 Å². The zero-order valence-electron chi connectivity index (χ0n) is 56.2. The number of hydrogen-bond acceptors (Lipinski definition) is 14. The Morgan fingerprint density at radius 1 is 0.610 bits per heavy atom. The van der Waals surface area contributed by atoms with E-state index in [0.29, 0.717) is 46.7 Å². The van der Waals surface area contributed by atoms with Gasteiger partial charge in [-0.15, -0.1) is 0 Å². The number of nitrogens with one attached hydrogen (secondary N) is 3. The van der Waals surface area contributed by atoms with Gasteiger partial charge in [0.2, 0.25) is 29.6 Å². The average Bonchev–Trinajstić information content (AvgIpc) is 0.982. The van der Waals surface area contributed by atoms with Gasteiger partial charge < -0.3 is 49.8 Å². The standard InChI is InChI=1S/C76H76N14O10/c1-7-89-62(39-47(3)84-89)70(93)82-73-79-59-41-49(68(77)91)43-64(97-6)66(59)87(73)36-22-23-37-88-67-60(80-74(88)83-71(94)63-40-48(4)85-90(63)8-2)42-50(69(78)92)44-65(67)98-38-24-35-86(5)72(95)61(81-75(96)99-45-58-56-33-20-18-31-54(56)55-32-19-21-34-57(55)58)46-100-76(51-25-12-9-13-26-51,52-27-14-10-15-28-52)53-29-16-11-17-30-53/h9-23,25-34,39-44,58,61H,7-8,24,35-38,45-46H2,1-6H3,(H2,77,91)(H2,78,92)(H,81,96)(H,79,82,93)(H,80,83,94)/b23-22+/t61-/m0/s1. The molecule has 0 fully saturated rings. The van der Waals surface area contributed by atoms with Crippen molar-refractivity contribution in [2.45, 2.75) is 77.9 Å². The molecule has 12 rings (SSSR count). The van der Waals surface area contributed by atoms with Crippen LogP contribution in [0, 0.1) is 13.8 Å². The first-order chi connectivity index (χ1) is 48.5. The maximum absolute atomic E-state index is 15.2. The third-order valence-electron chi connectivity index (χ3n) is 17.7. The molecule has 1 atom stereocenters. The third-order valence-corrected chi connectivity index (χ3v) is 17.7. The number of primary amides is 2. The predicted octanol–water partition coefficient (Wildman–Crippen LogP) is 10.5. The summed E-state index contributed by atoms with van der Waals surface area (Å²) in [5.74, 6) is -2.53. The Bertz CT molecular complexity index is 4760. The summed E-state index contributed by atoms with van der Waals surface area (Å²) in [6.45, 7) is 8.05. The largest absolute Gasteiger partial charge is 0.494 e. The number of nitrogens with two attached hydrogens (primary N) is 2. The number of allylic oxidation sites excluding steroid dienone is 2. The summed E-state index contributed by atoms with van der Waals surface area (Å²) in [4.78, 5) is 94.5. The van der Waals surface area contributed by atoms with Gasteiger partial charge in [-0.25, -0.2) is 14.8 Å². The molecule has 1 aliphatic rings. The molecule has 24 heteroatoms. The molecule has 4 aromatic heterocycles. The minimum Gasteiger partial charge on any atom is -0.494 e. The second-order valence-electron chi connectivity index (χ2n) is 24.1. The van der Waals surface area contributed by atoms with E-state index in [1.54, 1.807) is 57.6 Å². The normalized spacial score (nSPS) is 12.3.